The molecule has 0 radical (unpaired) electrons. The highest BCUT2D eigenvalue weighted by Crippen LogP contribution is 2.52. The molecule has 2 aliphatic rings. The molecule has 0 aromatic heterocycles. The van der Waals surface area contributed by atoms with Gasteiger partial charge >= 0.3 is 5.37 Å². The van der Waals surface area contributed by atoms with Gasteiger partial charge in [-0.25, -0.2) is 0 Å². The number of hydrogen-bond acceptors (Lipinski definition) is 3. The van der Waals surface area contributed by atoms with Crippen LogP contribution in [-0.2, 0) is 6.42 Å². The molecule has 4 rings (SSSR count). The second-order valence-electron chi connectivity index (χ2n) is 7.24. The first kappa shape index (κ1) is 19.7. The highest BCUT2D eigenvalue weighted by Gasteiger charge is 2.35. The fraction of sp³-hybridized carbons (Fsp3) is 0.381. The molecule has 0 N–H and O–H groups in total. The molecule has 0 saturated carbocycles. The van der Waals surface area contributed by atoms with Crippen molar-refractivity contribution in [2.75, 3.05) is 18.0 Å². The molecule has 0 aliphatic carbocycles. The summed E-state index contributed by atoms with van der Waals surface area (Å²) in [6.45, 7) is 3.40. The summed E-state index contributed by atoms with van der Waals surface area (Å²) in [6.07, 6.45) is 3.73. The van der Waals surface area contributed by atoms with Crippen molar-refractivity contribution in [3.63, 3.8) is 0 Å². The molecule has 1 saturated heterocycles. The molecule has 148 valence electrons. The lowest BCUT2D eigenvalue weighted by Gasteiger charge is -2.43. The number of amides is 1. The van der Waals surface area contributed by atoms with Crippen molar-refractivity contribution in [2.45, 2.75) is 38.6 Å². The van der Waals surface area contributed by atoms with Crippen LogP contribution in [0.15, 0.2) is 30.3 Å². The third-order valence-electron chi connectivity index (χ3n) is 5.29. The third kappa shape index (κ3) is 3.66. The number of piperidine rings is 1. The van der Waals surface area contributed by atoms with Crippen molar-refractivity contribution in [3.8, 4) is 11.5 Å². The minimum absolute atomic E-state index is 0.0933. The van der Waals surface area contributed by atoms with E-state index in [4.69, 9.17) is 39.5 Å². The van der Waals surface area contributed by atoms with Gasteiger partial charge in [0, 0.05) is 35.3 Å². The van der Waals surface area contributed by atoms with E-state index in [0.717, 1.165) is 48.4 Å². The molecule has 0 bridgehead atoms. The second-order valence-corrected chi connectivity index (χ2v) is 8.44. The van der Waals surface area contributed by atoms with Crippen LogP contribution in [-0.4, -0.2) is 29.4 Å². The summed E-state index contributed by atoms with van der Waals surface area (Å²) in [5.74, 6) is 1.42. The highest BCUT2D eigenvalue weighted by molar-refractivity contribution is 6.62. The number of nitrogens with zero attached hydrogens (tertiary/aromatic N) is 2. The minimum atomic E-state index is -0.403. The number of carbonyl (C=O) groups excluding carboxylic acids is 1. The van der Waals surface area contributed by atoms with Crippen LogP contribution in [0.25, 0.3) is 0 Å². The average Bonchev–Trinajstić information content (AvgIpc) is 2.66. The number of ether oxygens (including phenoxy) is 1. The predicted molar refractivity (Wildman–Crippen MR) is 115 cm³/mol. The Bertz CT molecular complexity index is 919. The molecular formula is C21H21Cl3N2O2. The standard InChI is InChI=1S/C21H21Cl3N2O2/c1-2-4-13-9-15(23)11-19-20(13)26(16-5-3-8-25(12-16)21(24)27)17-7-6-14(22)10-18(17)28-19/h6-7,9-11,16H,2-5,8,12H2,1H3/t16-/m1/s1. The van der Waals surface area contributed by atoms with Gasteiger partial charge in [0.1, 0.15) is 0 Å². The van der Waals surface area contributed by atoms with Crippen LogP contribution in [0.3, 0.4) is 0 Å². The molecule has 1 fully saturated rings. The fourth-order valence-electron chi connectivity index (χ4n) is 4.15. The quantitative estimate of drug-likeness (QED) is 0.381. The lowest BCUT2D eigenvalue weighted by Crippen LogP contribution is -2.48. The first-order valence-corrected chi connectivity index (χ1v) is 10.6. The number of rotatable bonds is 3. The predicted octanol–water partition coefficient (Wildman–Crippen LogP) is 7.01. The van der Waals surface area contributed by atoms with Crippen LogP contribution < -0.4 is 9.64 Å². The van der Waals surface area contributed by atoms with Crippen molar-refractivity contribution in [1.82, 2.24) is 4.90 Å². The number of carbonyl (C=O) groups is 1. The van der Waals surface area contributed by atoms with E-state index in [2.05, 4.69) is 11.8 Å². The van der Waals surface area contributed by atoms with Crippen LogP contribution in [0.1, 0.15) is 31.7 Å². The van der Waals surface area contributed by atoms with Gasteiger partial charge in [-0.2, -0.15) is 0 Å². The average molecular weight is 440 g/mol. The Hall–Kier alpha value is -1.62. The first-order valence-electron chi connectivity index (χ1n) is 9.51. The molecule has 7 heteroatoms. The molecule has 0 spiro atoms. The van der Waals surface area contributed by atoms with Gasteiger partial charge in [0.2, 0.25) is 0 Å². The number of likely N-dealkylation sites (tertiary alicyclic amines) is 1. The summed E-state index contributed by atoms with van der Waals surface area (Å²) in [7, 11) is 0. The van der Waals surface area contributed by atoms with Gasteiger partial charge in [-0.3, -0.25) is 4.79 Å². The molecule has 0 unspecified atom stereocenters. The zero-order chi connectivity index (χ0) is 19.8. The Morgan fingerprint density at radius 3 is 2.71 bits per heavy atom. The van der Waals surface area contributed by atoms with E-state index in [1.807, 2.05) is 30.3 Å². The van der Waals surface area contributed by atoms with E-state index >= 15 is 0 Å². The maximum atomic E-state index is 11.8. The SMILES string of the molecule is CCCc1cc(Cl)cc2c1N([C@@H]1CCCN(C(=O)Cl)C1)c1ccc(Cl)cc1O2. The topological polar surface area (TPSA) is 32.8 Å². The zero-order valence-electron chi connectivity index (χ0n) is 15.6. The Morgan fingerprint density at radius 1 is 1.18 bits per heavy atom. The lowest BCUT2D eigenvalue weighted by atomic mass is 9.98. The fourth-order valence-corrected chi connectivity index (χ4v) is 4.70. The maximum absolute atomic E-state index is 11.8. The van der Waals surface area contributed by atoms with Gasteiger partial charge in [-0.1, -0.05) is 36.5 Å². The van der Waals surface area contributed by atoms with Crippen LogP contribution in [0.2, 0.25) is 10.0 Å². The molecule has 28 heavy (non-hydrogen) atoms. The number of halogens is 3. The summed E-state index contributed by atoms with van der Waals surface area (Å²) >= 11 is 18.4. The van der Waals surface area contributed by atoms with E-state index in [1.54, 1.807) is 4.90 Å². The maximum Gasteiger partial charge on any atom is 0.316 e. The number of benzene rings is 2. The normalized spacial score (nSPS) is 18.4. The van der Waals surface area contributed by atoms with Gasteiger partial charge < -0.3 is 14.5 Å². The Balaban J connectivity index is 1.86. The largest absolute Gasteiger partial charge is 0.453 e. The van der Waals surface area contributed by atoms with Crippen LogP contribution >= 0.6 is 34.8 Å². The van der Waals surface area contributed by atoms with E-state index < -0.39 is 5.37 Å². The van der Waals surface area contributed by atoms with E-state index in [0.29, 0.717) is 28.9 Å². The third-order valence-corrected chi connectivity index (χ3v) is 5.98. The highest BCUT2D eigenvalue weighted by atomic mass is 35.5. The van der Waals surface area contributed by atoms with Crippen molar-refractivity contribution < 1.29 is 9.53 Å². The molecule has 2 aromatic carbocycles. The minimum Gasteiger partial charge on any atom is -0.453 e. The van der Waals surface area contributed by atoms with Gasteiger partial charge in [0.05, 0.1) is 17.4 Å². The van der Waals surface area contributed by atoms with E-state index in [-0.39, 0.29) is 6.04 Å². The van der Waals surface area contributed by atoms with Gasteiger partial charge in [0.15, 0.2) is 11.5 Å². The summed E-state index contributed by atoms with van der Waals surface area (Å²) in [5, 5.41) is 0.854. The van der Waals surface area contributed by atoms with Gasteiger partial charge in [-0.05, 0) is 54.6 Å². The summed E-state index contributed by atoms with van der Waals surface area (Å²) in [5.41, 5.74) is 3.11. The number of hydrogen-bond donors (Lipinski definition) is 0. The molecular weight excluding hydrogens is 419 g/mol. The van der Waals surface area contributed by atoms with Gasteiger partial charge in [-0.15, -0.1) is 0 Å². The number of aryl methyl sites for hydroxylation is 1. The molecule has 2 aliphatic heterocycles. The van der Waals surface area contributed by atoms with Crippen molar-refractivity contribution in [1.29, 1.82) is 0 Å². The molecule has 1 atom stereocenters. The van der Waals surface area contributed by atoms with Crippen LogP contribution in [0.4, 0.5) is 16.2 Å². The van der Waals surface area contributed by atoms with Gasteiger partial charge in [0.25, 0.3) is 0 Å². The van der Waals surface area contributed by atoms with Crippen LogP contribution in [0.5, 0.6) is 11.5 Å². The van der Waals surface area contributed by atoms with Crippen molar-refractivity contribution >= 4 is 51.5 Å². The number of fused-ring (bicyclic) bond motifs is 2. The monoisotopic (exact) mass is 438 g/mol. The zero-order valence-corrected chi connectivity index (χ0v) is 17.8. The molecule has 1 amide bonds. The first-order chi connectivity index (χ1) is 13.5. The molecule has 2 heterocycles. The smallest absolute Gasteiger partial charge is 0.316 e. The van der Waals surface area contributed by atoms with E-state index in [1.165, 1.54) is 0 Å². The Morgan fingerprint density at radius 2 is 1.96 bits per heavy atom. The second kappa shape index (κ2) is 8.02. The summed E-state index contributed by atoms with van der Waals surface area (Å²) in [4.78, 5) is 15.8. The Labute approximate surface area is 179 Å². The summed E-state index contributed by atoms with van der Waals surface area (Å²) in [6, 6.07) is 9.61. The molecule has 4 nitrogen and oxygen atoms in total. The van der Waals surface area contributed by atoms with Crippen molar-refractivity contribution in [3.05, 3.63) is 45.9 Å². The van der Waals surface area contributed by atoms with E-state index in [9.17, 15) is 4.79 Å². The van der Waals surface area contributed by atoms with Crippen LogP contribution in [0, 0.1) is 0 Å². The van der Waals surface area contributed by atoms with Crippen molar-refractivity contribution in [2.24, 2.45) is 0 Å². The number of anilines is 2. The summed E-state index contributed by atoms with van der Waals surface area (Å²) < 4.78 is 6.20. The molecule has 2 aromatic rings. The Kier molecular flexibility index (Phi) is 5.64. The lowest BCUT2D eigenvalue weighted by molar-refractivity contribution is 0.202.